The van der Waals surface area contributed by atoms with E-state index < -0.39 is 0 Å². The number of rotatable bonds is 5. The van der Waals surface area contributed by atoms with E-state index in [2.05, 4.69) is 28.3 Å². The van der Waals surface area contributed by atoms with Crippen LogP contribution in [0.2, 0.25) is 0 Å². The van der Waals surface area contributed by atoms with E-state index in [1.54, 1.807) is 7.11 Å². The van der Waals surface area contributed by atoms with Crippen LogP contribution < -0.4 is 17.1 Å². The van der Waals surface area contributed by atoms with Crippen molar-refractivity contribution in [3.05, 3.63) is 29.8 Å². The van der Waals surface area contributed by atoms with E-state index in [0.717, 1.165) is 18.1 Å². The lowest BCUT2D eigenvalue weighted by molar-refractivity contribution is -0.00000324. The monoisotopic (exact) mass is 246 g/mol. The average molecular weight is 247 g/mol. The Kier molecular flexibility index (Phi) is 7.82. The van der Waals surface area contributed by atoms with Crippen LogP contribution in [0.5, 0.6) is 5.75 Å². The lowest BCUT2D eigenvalue weighted by Gasteiger charge is -2.12. The van der Waals surface area contributed by atoms with Crippen molar-refractivity contribution in [2.75, 3.05) is 13.3 Å². The van der Waals surface area contributed by atoms with Crippen molar-refractivity contribution in [2.45, 2.75) is 19.8 Å². The van der Waals surface area contributed by atoms with E-state index in [9.17, 15) is 0 Å². The normalized spacial score (nSPS) is 11.9. The lowest BCUT2D eigenvalue weighted by atomic mass is 9.98. The van der Waals surface area contributed by atoms with Crippen molar-refractivity contribution in [2.24, 2.45) is 5.92 Å². The molecule has 0 saturated carbocycles. The Balaban J connectivity index is 0.00000196. The maximum atomic E-state index is 5.33. The molecule has 0 N–H and O–H groups in total. The molecular formula is C12H20ClOP. The summed E-state index contributed by atoms with van der Waals surface area (Å²) in [5, 5.41) is 0. The summed E-state index contributed by atoms with van der Waals surface area (Å²) in [7, 11) is 3.79. The highest BCUT2D eigenvalue weighted by molar-refractivity contribution is 7.16. The minimum atomic E-state index is 0. The Bertz CT molecular complexity index is 278. The van der Waals surface area contributed by atoms with Crippen LogP contribution in [-0.4, -0.2) is 13.3 Å². The maximum Gasteiger partial charge on any atom is 0.122 e. The molecule has 86 valence electrons. The van der Waals surface area contributed by atoms with Gasteiger partial charge in [-0.2, -0.15) is 0 Å². The summed E-state index contributed by atoms with van der Waals surface area (Å²) in [6.45, 7) is 2.31. The van der Waals surface area contributed by atoms with Crippen molar-refractivity contribution in [1.82, 2.24) is 0 Å². The second-order valence-electron chi connectivity index (χ2n) is 3.76. The molecule has 0 aliphatic heterocycles. The predicted octanol–water partition coefficient (Wildman–Crippen LogP) is -0.125. The fourth-order valence-electron chi connectivity index (χ4n) is 1.70. The summed E-state index contributed by atoms with van der Waals surface area (Å²) in [5.41, 5.74) is 1.33. The second kappa shape index (κ2) is 7.96. The molecule has 2 atom stereocenters. The highest BCUT2D eigenvalue weighted by Gasteiger charge is 2.07. The first-order valence-electron chi connectivity index (χ1n) is 5.19. The highest BCUT2D eigenvalue weighted by Crippen LogP contribution is 2.22. The number of para-hydroxylation sites is 1. The Morgan fingerprint density at radius 3 is 2.60 bits per heavy atom. The first-order valence-corrected chi connectivity index (χ1v) is 6.19. The topological polar surface area (TPSA) is 9.23 Å². The Morgan fingerprint density at radius 2 is 2.00 bits per heavy atom. The molecule has 15 heavy (non-hydrogen) atoms. The Hall–Kier alpha value is -0.260. The molecule has 0 aliphatic rings. The van der Waals surface area contributed by atoms with Gasteiger partial charge in [0, 0.05) is 0 Å². The van der Waals surface area contributed by atoms with Gasteiger partial charge in [0.25, 0.3) is 0 Å². The van der Waals surface area contributed by atoms with Gasteiger partial charge >= 0.3 is 0 Å². The number of halogens is 1. The zero-order valence-electron chi connectivity index (χ0n) is 9.50. The van der Waals surface area contributed by atoms with E-state index in [4.69, 9.17) is 4.74 Å². The van der Waals surface area contributed by atoms with Crippen LogP contribution in [0.4, 0.5) is 0 Å². The first kappa shape index (κ1) is 14.7. The van der Waals surface area contributed by atoms with Gasteiger partial charge in [0.1, 0.15) is 5.75 Å². The summed E-state index contributed by atoms with van der Waals surface area (Å²) in [6.07, 6.45) is 3.72. The summed E-state index contributed by atoms with van der Waals surface area (Å²) in [4.78, 5) is 0. The smallest absolute Gasteiger partial charge is 0.122 e. The third-order valence-corrected chi connectivity index (χ3v) is 2.87. The molecule has 1 nitrogen and oxygen atoms in total. The Labute approximate surface area is 101 Å². The standard InChI is InChI=1S/C12H19OP.ClH/c1-10(7-8-14)9-11-5-3-4-6-12(11)13-2;/h3-6,10H,7-9,14H2,1-2H3;1H. The van der Waals surface area contributed by atoms with Gasteiger partial charge in [0.15, 0.2) is 0 Å². The third kappa shape index (κ3) is 4.86. The van der Waals surface area contributed by atoms with Crippen molar-refractivity contribution in [1.29, 1.82) is 0 Å². The average Bonchev–Trinajstić information content (AvgIpc) is 2.19. The third-order valence-electron chi connectivity index (χ3n) is 2.46. The summed E-state index contributed by atoms with van der Waals surface area (Å²) in [5.74, 6) is 1.78. The second-order valence-corrected chi connectivity index (χ2v) is 4.47. The SMILES string of the molecule is COc1ccccc1CC(C)CC[PH3+].[Cl-]. The van der Waals surface area contributed by atoms with Crippen molar-refractivity contribution >= 4 is 9.24 Å². The fourth-order valence-corrected chi connectivity index (χ4v) is 2.39. The fraction of sp³-hybridized carbons (Fsp3) is 0.500. The molecule has 3 heteroatoms. The molecule has 1 aromatic rings. The molecule has 0 spiro atoms. The zero-order valence-corrected chi connectivity index (χ0v) is 11.7. The van der Waals surface area contributed by atoms with Gasteiger partial charge < -0.3 is 17.1 Å². The molecule has 2 unspecified atom stereocenters. The van der Waals surface area contributed by atoms with Crippen LogP contribution in [0.15, 0.2) is 24.3 Å². The van der Waals surface area contributed by atoms with Crippen LogP contribution in [0, 0.1) is 5.92 Å². The van der Waals surface area contributed by atoms with Crippen LogP contribution in [0.1, 0.15) is 18.9 Å². The summed E-state index contributed by atoms with van der Waals surface area (Å²) < 4.78 is 5.33. The van der Waals surface area contributed by atoms with Crippen molar-refractivity contribution < 1.29 is 17.1 Å². The van der Waals surface area contributed by atoms with Gasteiger partial charge in [-0.1, -0.05) is 25.1 Å². The van der Waals surface area contributed by atoms with E-state index >= 15 is 0 Å². The van der Waals surface area contributed by atoms with E-state index in [0.29, 0.717) is 0 Å². The minimum absolute atomic E-state index is 0. The highest BCUT2D eigenvalue weighted by atomic mass is 35.5. The van der Waals surface area contributed by atoms with Gasteiger partial charge in [0.05, 0.1) is 13.3 Å². The van der Waals surface area contributed by atoms with Crippen LogP contribution in [0.25, 0.3) is 0 Å². The van der Waals surface area contributed by atoms with Gasteiger partial charge in [0.2, 0.25) is 0 Å². The molecule has 0 fully saturated rings. The van der Waals surface area contributed by atoms with Gasteiger partial charge in [-0.25, -0.2) is 0 Å². The molecule has 0 bridgehead atoms. The number of methoxy groups -OCH3 is 1. The Morgan fingerprint density at radius 1 is 1.33 bits per heavy atom. The maximum absolute atomic E-state index is 5.33. The number of hydrogen-bond acceptors (Lipinski definition) is 1. The number of benzene rings is 1. The quantitative estimate of drug-likeness (QED) is 0.658. The van der Waals surface area contributed by atoms with Crippen LogP contribution in [-0.2, 0) is 6.42 Å². The van der Waals surface area contributed by atoms with E-state index in [-0.39, 0.29) is 12.4 Å². The summed E-state index contributed by atoms with van der Waals surface area (Å²) in [6, 6.07) is 8.30. The molecule has 1 aromatic carbocycles. The number of ether oxygens (including phenoxy) is 1. The molecule has 0 aromatic heterocycles. The molecule has 0 amide bonds. The van der Waals surface area contributed by atoms with E-state index in [1.807, 2.05) is 12.1 Å². The predicted molar refractivity (Wildman–Crippen MR) is 66.5 cm³/mol. The largest absolute Gasteiger partial charge is 1.00 e. The molecular weight excluding hydrogens is 227 g/mol. The zero-order chi connectivity index (χ0) is 10.4. The van der Waals surface area contributed by atoms with Crippen LogP contribution >= 0.6 is 9.24 Å². The summed E-state index contributed by atoms with van der Waals surface area (Å²) >= 11 is 0. The van der Waals surface area contributed by atoms with E-state index in [1.165, 1.54) is 18.1 Å². The molecule has 0 radical (unpaired) electrons. The molecule has 0 heterocycles. The van der Waals surface area contributed by atoms with Crippen molar-refractivity contribution in [3.63, 3.8) is 0 Å². The minimum Gasteiger partial charge on any atom is -1.00 e. The molecule has 0 saturated heterocycles. The van der Waals surface area contributed by atoms with Gasteiger partial charge in [-0.05, 0) is 39.6 Å². The van der Waals surface area contributed by atoms with Crippen molar-refractivity contribution in [3.8, 4) is 5.75 Å². The molecule has 0 aliphatic carbocycles. The molecule has 1 rings (SSSR count). The lowest BCUT2D eigenvalue weighted by Crippen LogP contribution is -3.00. The van der Waals surface area contributed by atoms with Gasteiger partial charge in [-0.3, -0.25) is 0 Å². The number of hydrogen-bond donors (Lipinski definition) is 0. The van der Waals surface area contributed by atoms with Crippen LogP contribution in [0.3, 0.4) is 0 Å². The van der Waals surface area contributed by atoms with Gasteiger partial charge in [-0.15, -0.1) is 0 Å². The first-order chi connectivity index (χ1) is 6.77.